The SMILES string of the molecule is O=C(CSc1cccc2cccnc12)NN=C1Cc2ccccc2C1. The van der Waals surface area contributed by atoms with Crippen molar-refractivity contribution in [2.45, 2.75) is 17.7 Å². The first-order valence-electron chi connectivity index (χ1n) is 8.17. The molecule has 0 fully saturated rings. The van der Waals surface area contributed by atoms with Gasteiger partial charge in [-0.1, -0.05) is 42.5 Å². The zero-order chi connectivity index (χ0) is 17.1. The van der Waals surface area contributed by atoms with Crippen LogP contribution < -0.4 is 5.43 Å². The predicted octanol–water partition coefficient (Wildman–Crippen LogP) is 3.60. The minimum Gasteiger partial charge on any atom is -0.272 e. The number of carbonyl (C=O) groups excluding carboxylic acids is 1. The molecule has 1 N–H and O–H groups in total. The van der Waals surface area contributed by atoms with Gasteiger partial charge in [0.25, 0.3) is 0 Å². The quantitative estimate of drug-likeness (QED) is 0.579. The van der Waals surface area contributed by atoms with Gasteiger partial charge in [-0.15, -0.1) is 11.8 Å². The summed E-state index contributed by atoms with van der Waals surface area (Å²) in [6.45, 7) is 0. The molecule has 1 heterocycles. The molecular formula is C20H17N3OS. The number of hydrogen-bond donors (Lipinski definition) is 1. The van der Waals surface area contributed by atoms with Crippen molar-refractivity contribution < 1.29 is 4.79 Å². The van der Waals surface area contributed by atoms with E-state index in [4.69, 9.17) is 0 Å². The zero-order valence-electron chi connectivity index (χ0n) is 13.6. The Bertz CT molecular complexity index is 936. The molecule has 0 radical (unpaired) electrons. The van der Waals surface area contributed by atoms with Crippen molar-refractivity contribution in [3.63, 3.8) is 0 Å². The highest BCUT2D eigenvalue weighted by Crippen LogP contribution is 2.25. The number of hydrogen-bond acceptors (Lipinski definition) is 4. The van der Waals surface area contributed by atoms with Crippen molar-refractivity contribution in [2.24, 2.45) is 5.10 Å². The largest absolute Gasteiger partial charge is 0.272 e. The van der Waals surface area contributed by atoms with Crippen molar-refractivity contribution in [3.8, 4) is 0 Å². The number of nitrogens with one attached hydrogen (secondary N) is 1. The molecule has 0 aliphatic heterocycles. The van der Waals surface area contributed by atoms with Crippen molar-refractivity contribution in [3.05, 3.63) is 71.9 Å². The lowest BCUT2D eigenvalue weighted by atomic mass is 10.1. The number of amides is 1. The lowest BCUT2D eigenvalue weighted by Gasteiger charge is -2.05. The molecule has 25 heavy (non-hydrogen) atoms. The Hall–Kier alpha value is -2.66. The smallest absolute Gasteiger partial charge is 0.250 e. The van der Waals surface area contributed by atoms with Crippen LogP contribution in [0.1, 0.15) is 11.1 Å². The van der Waals surface area contributed by atoms with Crippen molar-refractivity contribution >= 4 is 34.3 Å². The van der Waals surface area contributed by atoms with Crippen LogP contribution in [0.5, 0.6) is 0 Å². The van der Waals surface area contributed by atoms with E-state index in [2.05, 4.69) is 27.6 Å². The standard InChI is InChI=1S/C20H17N3OS/c24-19(23-22-17-11-15-5-1-2-6-16(15)12-17)13-25-18-9-3-7-14-8-4-10-21-20(14)18/h1-10H,11-13H2,(H,23,24). The second-order valence-electron chi connectivity index (χ2n) is 5.96. The molecule has 124 valence electrons. The van der Waals surface area contributed by atoms with Crippen LogP contribution >= 0.6 is 11.8 Å². The number of rotatable bonds is 4. The third-order valence-electron chi connectivity index (χ3n) is 4.20. The molecule has 0 unspecified atom stereocenters. The molecule has 4 nitrogen and oxygen atoms in total. The number of fused-ring (bicyclic) bond motifs is 2. The average Bonchev–Trinajstić information content (AvgIpc) is 3.07. The van der Waals surface area contributed by atoms with Crippen LogP contribution in [0.2, 0.25) is 0 Å². The fourth-order valence-electron chi connectivity index (χ4n) is 2.99. The van der Waals surface area contributed by atoms with Crippen LogP contribution in [0.15, 0.2) is 70.8 Å². The number of aromatic nitrogens is 1. The molecule has 5 heteroatoms. The average molecular weight is 347 g/mol. The van der Waals surface area contributed by atoms with Gasteiger partial charge < -0.3 is 0 Å². The summed E-state index contributed by atoms with van der Waals surface area (Å²) in [6.07, 6.45) is 3.41. The Labute approximate surface area is 150 Å². The first kappa shape index (κ1) is 15.8. The summed E-state index contributed by atoms with van der Waals surface area (Å²) in [4.78, 5) is 17.5. The normalized spacial score (nSPS) is 12.9. The van der Waals surface area contributed by atoms with Crippen LogP contribution in [-0.4, -0.2) is 22.4 Å². The molecule has 1 aromatic heterocycles. The van der Waals surface area contributed by atoms with Gasteiger partial charge in [0.2, 0.25) is 5.91 Å². The molecule has 1 aliphatic rings. The van der Waals surface area contributed by atoms with E-state index in [1.807, 2.05) is 42.5 Å². The fraction of sp³-hybridized carbons (Fsp3) is 0.150. The van der Waals surface area contributed by atoms with E-state index in [9.17, 15) is 4.79 Å². The van der Waals surface area contributed by atoms with E-state index in [-0.39, 0.29) is 5.91 Å². The summed E-state index contributed by atoms with van der Waals surface area (Å²) in [5.41, 5.74) is 7.22. The van der Waals surface area contributed by atoms with Crippen LogP contribution in [0, 0.1) is 0 Å². The number of pyridine rings is 1. The van der Waals surface area contributed by atoms with Gasteiger partial charge in [-0.25, -0.2) is 5.43 Å². The van der Waals surface area contributed by atoms with E-state index in [1.165, 1.54) is 22.9 Å². The zero-order valence-corrected chi connectivity index (χ0v) is 14.4. The van der Waals surface area contributed by atoms with E-state index in [0.29, 0.717) is 5.75 Å². The van der Waals surface area contributed by atoms with Gasteiger partial charge in [-0.2, -0.15) is 5.10 Å². The Morgan fingerprint density at radius 2 is 1.80 bits per heavy atom. The molecule has 1 aliphatic carbocycles. The van der Waals surface area contributed by atoms with Gasteiger partial charge in [-0.3, -0.25) is 9.78 Å². The molecule has 0 spiro atoms. The fourth-order valence-corrected chi connectivity index (χ4v) is 3.83. The summed E-state index contributed by atoms with van der Waals surface area (Å²) in [5, 5.41) is 5.38. The maximum Gasteiger partial charge on any atom is 0.250 e. The number of thioether (sulfide) groups is 1. The summed E-state index contributed by atoms with van der Waals surface area (Å²) in [6, 6.07) is 18.2. The molecule has 1 amide bonds. The molecule has 0 bridgehead atoms. The van der Waals surface area contributed by atoms with Crippen molar-refractivity contribution in [1.29, 1.82) is 0 Å². The van der Waals surface area contributed by atoms with E-state index >= 15 is 0 Å². The Balaban J connectivity index is 1.36. The second kappa shape index (κ2) is 7.07. The molecule has 3 aromatic rings. The summed E-state index contributed by atoms with van der Waals surface area (Å²) in [7, 11) is 0. The number of para-hydroxylation sites is 1. The highest BCUT2D eigenvalue weighted by molar-refractivity contribution is 8.00. The monoisotopic (exact) mass is 347 g/mol. The van der Waals surface area contributed by atoms with Gasteiger partial charge >= 0.3 is 0 Å². The van der Waals surface area contributed by atoms with Crippen molar-refractivity contribution in [2.75, 3.05) is 5.75 Å². The molecule has 0 atom stereocenters. The van der Waals surface area contributed by atoms with Gasteiger partial charge in [0.15, 0.2) is 0 Å². The molecular weight excluding hydrogens is 330 g/mol. The van der Waals surface area contributed by atoms with Crippen LogP contribution in [-0.2, 0) is 17.6 Å². The minimum absolute atomic E-state index is 0.0959. The van der Waals surface area contributed by atoms with E-state index in [1.54, 1.807) is 6.20 Å². The van der Waals surface area contributed by atoms with Crippen LogP contribution in [0.25, 0.3) is 10.9 Å². The van der Waals surface area contributed by atoms with Crippen molar-refractivity contribution in [1.82, 2.24) is 10.4 Å². The van der Waals surface area contributed by atoms with Gasteiger partial charge in [0, 0.05) is 35.0 Å². The Morgan fingerprint density at radius 3 is 2.60 bits per heavy atom. The first-order chi connectivity index (χ1) is 12.3. The van der Waals surface area contributed by atoms with E-state index in [0.717, 1.165) is 34.4 Å². The summed E-state index contributed by atoms with van der Waals surface area (Å²) >= 11 is 1.48. The Morgan fingerprint density at radius 1 is 1.04 bits per heavy atom. The van der Waals surface area contributed by atoms with Crippen LogP contribution in [0.3, 0.4) is 0 Å². The number of carbonyl (C=O) groups is 1. The highest BCUT2D eigenvalue weighted by Gasteiger charge is 2.16. The molecule has 0 saturated carbocycles. The number of nitrogens with zero attached hydrogens (tertiary/aromatic N) is 2. The number of benzene rings is 2. The maximum absolute atomic E-state index is 12.1. The summed E-state index contributed by atoms with van der Waals surface area (Å²) in [5.74, 6) is 0.223. The van der Waals surface area contributed by atoms with Gasteiger partial charge in [0.05, 0.1) is 11.3 Å². The maximum atomic E-state index is 12.1. The second-order valence-corrected chi connectivity index (χ2v) is 6.97. The summed E-state index contributed by atoms with van der Waals surface area (Å²) < 4.78 is 0. The molecule has 4 rings (SSSR count). The van der Waals surface area contributed by atoms with E-state index < -0.39 is 0 Å². The Kier molecular flexibility index (Phi) is 4.48. The molecule has 2 aromatic carbocycles. The third kappa shape index (κ3) is 3.56. The highest BCUT2D eigenvalue weighted by atomic mass is 32.2. The topological polar surface area (TPSA) is 54.4 Å². The lowest BCUT2D eigenvalue weighted by Crippen LogP contribution is -2.21. The minimum atomic E-state index is -0.0959. The van der Waals surface area contributed by atoms with Gasteiger partial charge in [0.1, 0.15) is 0 Å². The third-order valence-corrected chi connectivity index (χ3v) is 5.25. The molecule has 0 saturated heterocycles. The van der Waals surface area contributed by atoms with Crippen LogP contribution in [0.4, 0.5) is 0 Å². The predicted molar refractivity (Wildman–Crippen MR) is 102 cm³/mol. The first-order valence-corrected chi connectivity index (χ1v) is 9.16. The lowest BCUT2D eigenvalue weighted by molar-refractivity contribution is -0.118. The van der Waals surface area contributed by atoms with Gasteiger partial charge in [-0.05, 0) is 23.3 Å². The number of hydrazone groups is 1.